The fourth-order valence-corrected chi connectivity index (χ4v) is 2.37. The van der Waals surface area contributed by atoms with E-state index in [-0.39, 0.29) is 6.42 Å². The van der Waals surface area contributed by atoms with Gasteiger partial charge in [0.15, 0.2) is 5.92 Å². The molecule has 0 spiro atoms. The number of aliphatic carboxylic acids is 2. The van der Waals surface area contributed by atoms with Crippen LogP contribution in [0.25, 0.3) is 5.69 Å². The predicted octanol–water partition coefficient (Wildman–Crippen LogP) is 2.85. The molecular formula is C15H14ClNO4. The molecule has 0 unspecified atom stereocenters. The zero-order chi connectivity index (χ0) is 15.4. The summed E-state index contributed by atoms with van der Waals surface area (Å²) in [4.78, 5) is 21.7. The Labute approximate surface area is 126 Å². The molecule has 110 valence electrons. The molecule has 2 N–H and O–H groups in total. The minimum absolute atomic E-state index is 0.0316. The highest BCUT2D eigenvalue weighted by Crippen LogP contribution is 2.23. The van der Waals surface area contributed by atoms with Gasteiger partial charge in [-0.2, -0.15) is 0 Å². The van der Waals surface area contributed by atoms with Crippen molar-refractivity contribution < 1.29 is 19.8 Å². The summed E-state index contributed by atoms with van der Waals surface area (Å²) in [5.74, 6) is -4.04. The third-order valence-corrected chi connectivity index (χ3v) is 3.52. The lowest BCUT2D eigenvalue weighted by Gasteiger charge is -2.10. The number of hydrogen-bond acceptors (Lipinski definition) is 2. The van der Waals surface area contributed by atoms with Crippen LogP contribution in [0, 0.1) is 5.92 Å². The molecule has 5 nitrogen and oxygen atoms in total. The summed E-state index contributed by atoms with van der Waals surface area (Å²) in [5.41, 5.74) is 1.63. The van der Waals surface area contributed by atoms with Crippen LogP contribution in [0.2, 0.25) is 5.02 Å². The van der Waals surface area contributed by atoms with Crippen molar-refractivity contribution in [3.05, 3.63) is 53.3 Å². The van der Waals surface area contributed by atoms with Crippen LogP contribution < -0.4 is 0 Å². The van der Waals surface area contributed by atoms with E-state index in [1.807, 2.05) is 41.2 Å². The first kappa shape index (κ1) is 15.1. The highest BCUT2D eigenvalue weighted by molar-refractivity contribution is 6.32. The maximum absolute atomic E-state index is 10.8. The number of carbonyl (C=O) groups is 2. The third-order valence-electron chi connectivity index (χ3n) is 3.21. The van der Waals surface area contributed by atoms with Crippen molar-refractivity contribution in [3.63, 3.8) is 0 Å². The first-order chi connectivity index (χ1) is 9.99. The van der Waals surface area contributed by atoms with Crippen molar-refractivity contribution in [1.29, 1.82) is 0 Å². The maximum atomic E-state index is 10.8. The summed E-state index contributed by atoms with van der Waals surface area (Å²) in [6, 6.07) is 9.15. The Kier molecular flexibility index (Phi) is 4.65. The Balaban J connectivity index is 2.10. The van der Waals surface area contributed by atoms with E-state index in [1.54, 1.807) is 6.07 Å². The predicted molar refractivity (Wildman–Crippen MR) is 77.9 cm³/mol. The van der Waals surface area contributed by atoms with E-state index in [0.717, 1.165) is 11.3 Å². The number of nitrogens with zero attached hydrogens (tertiary/aromatic N) is 1. The molecule has 2 aromatic rings. The molecule has 0 aliphatic rings. The molecule has 0 saturated carbocycles. The van der Waals surface area contributed by atoms with Gasteiger partial charge in [-0.15, -0.1) is 0 Å². The van der Waals surface area contributed by atoms with Crippen LogP contribution in [0.5, 0.6) is 0 Å². The number of benzene rings is 1. The number of rotatable bonds is 6. The second kappa shape index (κ2) is 6.45. The Morgan fingerprint density at radius 3 is 2.29 bits per heavy atom. The fourth-order valence-electron chi connectivity index (χ4n) is 2.07. The first-order valence-electron chi connectivity index (χ1n) is 6.36. The van der Waals surface area contributed by atoms with Crippen molar-refractivity contribution >= 4 is 23.5 Å². The molecule has 0 aliphatic carbocycles. The van der Waals surface area contributed by atoms with Crippen molar-refractivity contribution in [2.24, 2.45) is 5.92 Å². The van der Waals surface area contributed by atoms with Crippen molar-refractivity contribution in [1.82, 2.24) is 4.57 Å². The molecule has 0 fully saturated rings. The number of aryl methyl sites for hydroxylation is 1. The monoisotopic (exact) mass is 307 g/mol. The molecule has 21 heavy (non-hydrogen) atoms. The van der Waals surface area contributed by atoms with Gasteiger partial charge in [-0.3, -0.25) is 9.59 Å². The highest BCUT2D eigenvalue weighted by atomic mass is 35.5. The molecule has 0 radical (unpaired) electrons. The average Bonchev–Trinajstić information content (AvgIpc) is 2.92. The first-order valence-corrected chi connectivity index (χ1v) is 6.74. The minimum atomic E-state index is -1.40. The standard InChI is InChI=1S/C15H14ClNO4/c16-12-9-10(3-5-11(14(18)19)15(20)21)4-6-13(12)17-7-1-2-8-17/h1-2,4,6-9,11H,3,5H2,(H,18,19)(H,20,21). The van der Waals surface area contributed by atoms with Gasteiger partial charge in [0.25, 0.3) is 0 Å². The number of halogens is 1. The second-order valence-electron chi connectivity index (χ2n) is 4.64. The second-order valence-corrected chi connectivity index (χ2v) is 5.05. The van der Waals surface area contributed by atoms with Gasteiger partial charge >= 0.3 is 11.9 Å². The number of carboxylic acid groups (broad SMARTS) is 2. The Bertz CT molecular complexity index is 638. The van der Waals surface area contributed by atoms with E-state index in [9.17, 15) is 9.59 Å². The molecule has 0 amide bonds. The third kappa shape index (κ3) is 3.64. The zero-order valence-corrected chi connectivity index (χ0v) is 11.8. The van der Waals surface area contributed by atoms with Gasteiger partial charge in [0.1, 0.15) is 0 Å². The Morgan fingerprint density at radius 2 is 1.76 bits per heavy atom. The van der Waals surface area contributed by atoms with Crippen LogP contribution in [-0.4, -0.2) is 26.7 Å². The molecule has 2 rings (SSSR count). The van der Waals surface area contributed by atoms with Crippen LogP contribution >= 0.6 is 11.6 Å². The lowest BCUT2D eigenvalue weighted by molar-refractivity contribution is -0.154. The van der Waals surface area contributed by atoms with E-state index in [4.69, 9.17) is 21.8 Å². The summed E-state index contributed by atoms with van der Waals surface area (Å²) >= 11 is 6.21. The Morgan fingerprint density at radius 1 is 1.14 bits per heavy atom. The van der Waals surface area contributed by atoms with Gasteiger partial charge in [0, 0.05) is 12.4 Å². The molecule has 0 bridgehead atoms. The van der Waals surface area contributed by atoms with Crippen LogP contribution in [0.15, 0.2) is 42.7 Å². The summed E-state index contributed by atoms with van der Waals surface area (Å²) in [5, 5.41) is 18.2. The quantitative estimate of drug-likeness (QED) is 0.804. The number of aromatic nitrogens is 1. The lowest BCUT2D eigenvalue weighted by atomic mass is 9.99. The summed E-state index contributed by atoms with van der Waals surface area (Å²) < 4.78 is 1.86. The van der Waals surface area contributed by atoms with E-state index in [2.05, 4.69) is 0 Å². The van der Waals surface area contributed by atoms with E-state index in [0.29, 0.717) is 11.4 Å². The zero-order valence-electron chi connectivity index (χ0n) is 11.1. The van der Waals surface area contributed by atoms with Gasteiger partial charge in [-0.1, -0.05) is 17.7 Å². The topological polar surface area (TPSA) is 79.5 Å². The molecule has 1 heterocycles. The van der Waals surface area contributed by atoms with Crippen LogP contribution in [0.3, 0.4) is 0 Å². The minimum Gasteiger partial charge on any atom is -0.481 e. The fraction of sp³-hybridized carbons (Fsp3) is 0.200. The molecule has 6 heteroatoms. The van der Waals surface area contributed by atoms with Gasteiger partial charge in [0.05, 0.1) is 10.7 Å². The highest BCUT2D eigenvalue weighted by Gasteiger charge is 2.25. The molecular weight excluding hydrogens is 294 g/mol. The number of hydrogen-bond donors (Lipinski definition) is 2. The van der Waals surface area contributed by atoms with E-state index in [1.165, 1.54) is 0 Å². The van der Waals surface area contributed by atoms with Crippen LogP contribution in [0.1, 0.15) is 12.0 Å². The summed E-state index contributed by atoms with van der Waals surface area (Å²) in [6.07, 6.45) is 4.11. The van der Waals surface area contributed by atoms with E-state index >= 15 is 0 Å². The molecule has 0 atom stereocenters. The van der Waals surface area contributed by atoms with Crippen LogP contribution in [-0.2, 0) is 16.0 Å². The molecule has 1 aromatic heterocycles. The normalized spacial score (nSPS) is 10.8. The van der Waals surface area contributed by atoms with E-state index < -0.39 is 17.9 Å². The SMILES string of the molecule is O=C(O)C(CCc1ccc(-n2cccc2)c(Cl)c1)C(=O)O. The average molecular weight is 308 g/mol. The molecule has 1 aromatic carbocycles. The Hall–Kier alpha value is -2.27. The van der Waals surface area contributed by atoms with Gasteiger partial charge in [0.2, 0.25) is 0 Å². The van der Waals surface area contributed by atoms with Gasteiger partial charge in [-0.25, -0.2) is 0 Å². The van der Waals surface area contributed by atoms with Crippen molar-refractivity contribution in [2.45, 2.75) is 12.8 Å². The summed E-state index contributed by atoms with van der Waals surface area (Å²) in [7, 11) is 0. The van der Waals surface area contributed by atoms with Gasteiger partial charge in [-0.05, 0) is 42.7 Å². The maximum Gasteiger partial charge on any atom is 0.317 e. The number of carboxylic acids is 2. The van der Waals surface area contributed by atoms with Crippen molar-refractivity contribution in [2.75, 3.05) is 0 Å². The summed E-state index contributed by atoms with van der Waals surface area (Å²) in [6.45, 7) is 0. The molecule has 0 saturated heterocycles. The molecule has 0 aliphatic heterocycles. The van der Waals surface area contributed by atoms with Crippen molar-refractivity contribution in [3.8, 4) is 5.69 Å². The van der Waals surface area contributed by atoms with Gasteiger partial charge < -0.3 is 14.8 Å². The lowest BCUT2D eigenvalue weighted by Crippen LogP contribution is -2.23. The largest absolute Gasteiger partial charge is 0.481 e. The smallest absolute Gasteiger partial charge is 0.317 e. The van der Waals surface area contributed by atoms with Crippen LogP contribution in [0.4, 0.5) is 0 Å².